The smallest absolute Gasteiger partial charge is 0.165 e. The second-order valence-electron chi connectivity index (χ2n) is 9.21. The number of hydrogen-bond donors (Lipinski definition) is 1. The van der Waals surface area contributed by atoms with Crippen molar-refractivity contribution in [3.8, 4) is 22.5 Å². The molecule has 9 heteroatoms. The number of hydrogen-bond acceptors (Lipinski definition) is 8. The lowest BCUT2D eigenvalue weighted by atomic mass is 10.0. The number of benzene rings is 2. The topological polar surface area (TPSA) is 102 Å². The molecule has 1 aliphatic heterocycles. The number of ether oxygens (including phenoxy) is 1. The first-order chi connectivity index (χ1) is 18.1. The molecule has 37 heavy (non-hydrogen) atoms. The Morgan fingerprint density at radius 3 is 2.70 bits per heavy atom. The summed E-state index contributed by atoms with van der Waals surface area (Å²) in [5, 5.41) is 18.8. The van der Waals surface area contributed by atoms with Gasteiger partial charge < -0.3 is 19.3 Å². The van der Waals surface area contributed by atoms with Gasteiger partial charge in [-0.3, -0.25) is 4.68 Å². The number of rotatable bonds is 6. The van der Waals surface area contributed by atoms with Crippen molar-refractivity contribution >= 4 is 16.7 Å². The molecule has 1 atom stereocenters. The van der Waals surface area contributed by atoms with E-state index in [1.54, 1.807) is 10.9 Å². The lowest BCUT2D eigenvalue weighted by molar-refractivity contribution is 0.0939. The van der Waals surface area contributed by atoms with Crippen molar-refractivity contribution in [2.24, 2.45) is 0 Å². The van der Waals surface area contributed by atoms with Gasteiger partial charge in [0, 0.05) is 23.7 Å². The van der Waals surface area contributed by atoms with Crippen LogP contribution in [0.15, 0.2) is 65.4 Å². The van der Waals surface area contributed by atoms with Crippen molar-refractivity contribution < 1.29 is 14.4 Å². The van der Waals surface area contributed by atoms with E-state index in [9.17, 15) is 5.11 Å². The van der Waals surface area contributed by atoms with E-state index in [-0.39, 0.29) is 12.6 Å². The number of aromatic nitrogens is 5. The molecular formula is C28H28N6O3. The van der Waals surface area contributed by atoms with Gasteiger partial charge in [-0.15, -0.1) is 0 Å². The minimum Gasteiger partial charge on any atom is -0.394 e. The van der Waals surface area contributed by atoms with E-state index in [2.05, 4.69) is 51.6 Å². The molecule has 3 aromatic heterocycles. The highest BCUT2D eigenvalue weighted by molar-refractivity contribution is 5.95. The first kappa shape index (κ1) is 23.3. The molecule has 0 unspecified atom stereocenters. The number of nitrogens with zero attached hydrogens (tertiary/aromatic N) is 6. The number of morpholine rings is 1. The zero-order valence-electron chi connectivity index (χ0n) is 20.8. The number of anilines is 1. The summed E-state index contributed by atoms with van der Waals surface area (Å²) in [6.07, 6.45) is 3.61. The fourth-order valence-corrected chi connectivity index (χ4v) is 5.02. The van der Waals surface area contributed by atoms with E-state index >= 15 is 0 Å². The average molecular weight is 497 g/mol. The second kappa shape index (κ2) is 9.76. The standard InChI is InChI=1S/C28H28N6O3/c1-18-26(19(2)37-32-18)21-8-9-24-23(14-21)28(31-27(30-24)22-15-29-33(16-22)10-12-35)34-11-13-36-17-25(34)20-6-4-3-5-7-20/h3-9,14-16,25,35H,10-13,17H2,1-2H3/t25-/m0/s1. The summed E-state index contributed by atoms with van der Waals surface area (Å²) >= 11 is 0. The summed E-state index contributed by atoms with van der Waals surface area (Å²) in [7, 11) is 0. The maximum atomic E-state index is 9.31. The zero-order chi connectivity index (χ0) is 25.4. The third kappa shape index (κ3) is 4.36. The van der Waals surface area contributed by atoms with E-state index in [4.69, 9.17) is 19.2 Å². The highest BCUT2D eigenvalue weighted by Crippen LogP contribution is 2.37. The van der Waals surface area contributed by atoms with Gasteiger partial charge in [-0.1, -0.05) is 41.6 Å². The van der Waals surface area contributed by atoms with Crippen molar-refractivity contribution in [2.75, 3.05) is 31.3 Å². The Labute approximate surface area is 214 Å². The molecule has 1 saturated heterocycles. The molecule has 0 saturated carbocycles. The van der Waals surface area contributed by atoms with Crippen LogP contribution in [0.25, 0.3) is 33.4 Å². The van der Waals surface area contributed by atoms with Crippen molar-refractivity contribution in [1.82, 2.24) is 24.9 Å². The van der Waals surface area contributed by atoms with Gasteiger partial charge in [-0.05, 0) is 37.1 Å². The van der Waals surface area contributed by atoms with Crippen molar-refractivity contribution in [1.29, 1.82) is 0 Å². The van der Waals surface area contributed by atoms with Gasteiger partial charge in [0.15, 0.2) is 5.82 Å². The van der Waals surface area contributed by atoms with Crippen LogP contribution in [0.4, 0.5) is 5.82 Å². The van der Waals surface area contributed by atoms with E-state index < -0.39 is 0 Å². The highest BCUT2D eigenvalue weighted by Gasteiger charge is 2.28. The molecule has 1 aliphatic rings. The number of fused-ring (bicyclic) bond motifs is 1. The lowest BCUT2D eigenvalue weighted by Gasteiger charge is -2.37. The number of aliphatic hydroxyl groups is 1. The summed E-state index contributed by atoms with van der Waals surface area (Å²) in [6.45, 7) is 6.20. The Kier molecular flexibility index (Phi) is 6.15. The molecule has 1 fully saturated rings. The van der Waals surface area contributed by atoms with Gasteiger partial charge in [0.05, 0.1) is 55.4 Å². The summed E-state index contributed by atoms with van der Waals surface area (Å²) in [4.78, 5) is 12.4. The van der Waals surface area contributed by atoms with Crippen molar-refractivity contribution in [3.63, 3.8) is 0 Å². The van der Waals surface area contributed by atoms with Gasteiger partial charge in [0.1, 0.15) is 11.6 Å². The van der Waals surface area contributed by atoms with Gasteiger partial charge in [0.25, 0.3) is 0 Å². The third-order valence-corrected chi connectivity index (χ3v) is 6.80. The third-order valence-electron chi connectivity index (χ3n) is 6.80. The number of aliphatic hydroxyl groups excluding tert-OH is 1. The van der Waals surface area contributed by atoms with Crippen LogP contribution in [-0.2, 0) is 11.3 Å². The normalized spacial score (nSPS) is 16.0. The maximum absolute atomic E-state index is 9.31. The summed E-state index contributed by atoms with van der Waals surface area (Å²) < 4.78 is 13.1. The fraction of sp³-hybridized carbons (Fsp3) is 0.286. The molecule has 9 nitrogen and oxygen atoms in total. The molecule has 0 aliphatic carbocycles. The quantitative estimate of drug-likeness (QED) is 0.371. The van der Waals surface area contributed by atoms with Gasteiger partial charge in [0.2, 0.25) is 0 Å². The van der Waals surface area contributed by atoms with Crippen LogP contribution in [0, 0.1) is 13.8 Å². The van der Waals surface area contributed by atoms with Gasteiger partial charge >= 0.3 is 0 Å². The zero-order valence-corrected chi connectivity index (χ0v) is 20.8. The van der Waals surface area contributed by atoms with Crippen LogP contribution in [0.3, 0.4) is 0 Å². The molecule has 4 heterocycles. The first-order valence-corrected chi connectivity index (χ1v) is 12.4. The average Bonchev–Trinajstić information content (AvgIpc) is 3.54. The van der Waals surface area contributed by atoms with Gasteiger partial charge in [-0.25, -0.2) is 9.97 Å². The predicted molar refractivity (Wildman–Crippen MR) is 140 cm³/mol. The SMILES string of the molecule is Cc1noc(C)c1-c1ccc2nc(-c3cnn(CCO)c3)nc(N3CCOC[C@H]3c3ccccc3)c2c1. The maximum Gasteiger partial charge on any atom is 0.165 e. The summed E-state index contributed by atoms with van der Waals surface area (Å²) in [5.41, 5.74) is 5.67. The Hall–Kier alpha value is -4.08. The molecule has 6 rings (SSSR count). The predicted octanol–water partition coefficient (Wildman–Crippen LogP) is 4.34. The molecule has 188 valence electrons. The largest absolute Gasteiger partial charge is 0.394 e. The fourth-order valence-electron chi connectivity index (χ4n) is 5.02. The molecular weight excluding hydrogens is 468 g/mol. The van der Waals surface area contributed by atoms with Crippen molar-refractivity contribution in [2.45, 2.75) is 26.4 Å². The Balaban J connectivity index is 1.54. The second-order valence-corrected chi connectivity index (χ2v) is 9.21. The van der Waals surface area contributed by atoms with E-state index in [1.165, 1.54) is 5.56 Å². The monoisotopic (exact) mass is 496 g/mol. The molecule has 0 amide bonds. The molecule has 0 spiro atoms. The van der Waals surface area contributed by atoms with Crippen LogP contribution in [0.5, 0.6) is 0 Å². The number of aryl methyl sites for hydroxylation is 2. The minimum absolute atomic E-state index is 0.0146. The lowest BCUT2D eigenvalue weighted by Crippen LogP contribution is -2.40. The molecule has 2 aromatic carbocycles. The van der Waals surface area contributed by atoms with Crippen LogP contribution in [0.1, 0.15) is 23.1 Å². The van der Waals surface area contributed by atoms with E-state index in [1.807, 2.05) is 32.2 Å². The Morgan fingerprint density at radius 2 is 1.92 bits per heavy atom. The van der Waals surface area contributed by atoms with E-state index in [0.717, 1.165) is 44.9 Å². The summed E-state index contributed by atoms with van der Waals surface area (Å²) in [5.74, 6) is 2.22. The Morgan fingerprint density at radius 1 is 1.05 bits per heavy atom. The molecule has 0 bridgehead atoms. The molecule has 1 N–H and O–H groups in total. The minimum atomic E-state index is 0.0146. The molecule has 0 radical (unpaired) electrons. The van der Waals surface area contributed by atoms with Crippen LogP contribution >= 0.6 is 0 Å². The van der Waals surface area contributed by atoms with Crippen molar-refractivity contribution in [3.05, 3.63) is 77.9 Å². The van der Waals surface area contributed by atoms with Gasteiger partial charge in [-0.2, -0.15) is 5.10 Å². The van der Waals surface area contributed by atoms with Crippen LogP contribution in [-0.4, -0.2) is 56.4 Å². The first-order valence-electron chi connectivity index (χ1n) is 12.4. The molecule has 5 aromatic rings. The van der Waals surface area contributed by atoms with E-state index in [0.29, 0.717) is 32.1 Å². The van der Waals surface area contributed by atoms with Crippen LogP contribution < -0.4 is 4.90 Å². The summed E-state index contributed by atoms with van der Waals surface area (Å²) in [6, 6.07) is 16.6. The Bertz CT molecular complexity index is 1530. The highest BCUT2D eigenvalue weighted by atomic mass is 16.5. The van der Waals surface area contributed by atoms with Crippen LogP contribution in [0.2, 0.25) is 0 Å².